The Morgan fingerprint density at radius 2 is 2.07 bits per heavy atom. The van der Waals surface area contributed by atoms with Crippen molar-refractivity contribution in [2.75, 3.05) is 0 Å². The fourth-order valence-electron chi connectivity index (χ4n) is 1.33. The Hall–Kier alpha value is -1.45. The number of benzene rings is 1. The molecule has 0 saturated carbocycles. The van der Waals surface area contributed by atoms with Crippen LogP contribution in [-0.2, 0) is 15.6 Å². The minimum Gasteiger partial charge on any atom is -0.361 e. The van der Waals surface area contributed by atoms with Crippen molar-refractivity contribution in [2.45, 2.75) is 19.6 Å². The fourth-order valence-corrected chi connectivity index (χ4v) is 2.31. The monoisotopic (exact) mass is 224 g/mol. The van der Waals surface area contributed by atoms with Gasteiger partial charge in [-0.1, -0.05) is 23.8 Å². The summed E-state index contributed by atoms with van der Waals surface area (Å²) in [5.74, 6) is -0.136. The molecule has 0 unspecified atom stereocenters. The van der Waals surface area contributed by atoms with Crippen molar-refractivity contribution in [1.29, 1.82) is 0 Å². The lowest BCUT2D eigenvalue weighted by Gasteiger charge is -2.03. The molecule has 1 aromatic carbocycles. The molecule has 0 N–H and O–H groups in total. The molecule has 0 atom stereocenters. The van der Waals surface area contributed by atoms with Gasteiger partial charge in [-0.05, 0) is 25.0 Å². The summed E-state index contributed by atoms with van der Waals surface area (Å²) in [6, 6.07) is 5.54. The predicted octanol–water partition coefficient (Wildman–Crippen LogP) is 1.48. The molecule has 0 heterocycles. The number of hydrogen-bond acceptors (Lipinski definition) is 2. The van der Waals surface area contributed by atoms with Gasteiger partial charge in [0.25, 0.3) is 9.84 Å². The molecule has 0 saturated heterocycles. The molecule has 0 bridgehead atoms. The molecule has 0 aromatic heterocycles. The third-order valence-electron chi connectivity index (χ3n) is 2.06. The van der Waals surface area contributed by atoms with E-state index in [1.807, 2.05) is 26.0 Å². The molecule has 0 amide bonds. The largest absolute Gasteiger partial charge is 0.370 e. The quantitative estimate of drug-likeness (QED) is 0.337. The maximum absolute atomic E-state index is 11.3. The third kappa shape index (κ3) is 3.31. The summed E-state index contributed by atoms with van der Waals surface area (Å²) in [4.78, 5) is 2.54. The molecule has 4 nitrogen and oxygen atoms in total. The van der Waals surface area contributed by atoms with Crippen LogP contribution in [0.1, 0.15) is 16.7 Å². The lowest BCUT2D eigenvalue weighted by molar-refractivity contribution is 0.00752. The second-order valence-corrected chi connectivity index (χ2v) is 5.28. The van der Waals surface area contributed by atoms with E-state index < -0.39 is 9.84 Å². The summed E-state index contributed by atoms with van der Waals surface area (Å²) in [7, 11) is -3.46. The van der Waals surface area contributed by atoms with Gasteiger partial charge in [0.15, 0.2) is 0 Å². The fraction of sp³-hybridized carbons (Fsp3) is 0.300. The van der Waals surface area contributed by atoms with Crippen molar-refractivity contribution in [3.8, 4) is 0 Å². The zero-order valence-electron chi connectivity index (χ0n) is 8.64. The van der Waals surface area contributed by atoms with Gasteiger partial charge >= 0.3 is 5.55 Å². The van der Waals surface area contributed by atoms with Crippen LogP contribution in [0.25, 0.3) is 5.53 Å². The first-order valence-electron chi connectivity index (χ1n) is 4.41. The van der Waals surface area contributed by atoms with Crippen LogP contribution in [0.3, 0.4) is 0 Å². The van der Waals surface area contributed by atoms with Gasteiger partial charge in [0.1, 0.15) is 0 Å². The molecular weight excluding hydrogens is 212 g/mol. The van der Waals surface area contributed by atoms with E-state index in [1.54, 1.807) is 6.07 Å². The molecule has 0 aliphatic heterocycles. The van der Waals surface area contributed by atoms with Gasteiger partial charge in [0, 0.05) is 0 Å². The first-order chi connectivity index (χ1) is 6.94. The highest BCUT2D eigenvalue weighted by Crippen LogP contribution is 2.13. The Kier molecular flexibility index (Phi) is 3.39. The van der Waals surface area contributed by atoms with Crippen LogP contribution in [-0.4, -0.2) is 18.8 Å². The average molecular weight is 224 g/mol. The van der Waals surface area contributed by atoms with Crippen LogP contribution < -0.4 is 0 Å². The molecule has 80 valence electrons. The number of hydrogen-bond donors (Lipinski definition) is 0. The van der Waals surface area contributed by atoms with Crippen LogP contribution >= 0.6 is 0 Å². The second kappa shape index (κ2) is 4.38. The Morgan fingerprint density at radius 1 is 1.40 bits per heavy atom. The zero-order chi connectivity index (χ0) is 11.5. The van der Waals surface area contributed by atoms with Gasteiger partial charge in [0.2, 0.25) is 0 Å². The van der Waals surface area contributed by atoms with Crippen LogP contribution in [0, 0.1) is 13.8 Å². The van der Waals surface area contributed by atoms with Crippen molar-refractivity contribution in [3.63, 3.8) is 0 Å². The maximum Gasteiger partial charge on any atom is 0.370 e. The summed E-state index contributed by atoms with van der Waals surface area (Å²) < 4.78 is 22.7. The molecule has 5 heteroatoms. The van der Waals surface area contributed by atoms with Crippen molar-refractivity contribution < 1.29 is 13.2 Å². The van der Waals surface area contributed by atoms with Crippen molar-refractivity contribution >= 4 is 15.4 Å². The van der Waals surface area contributed by atoms with Gasteiger partial charge in [0.05, 0.1) is 5.75 Å². The van der Waals surface area contributed by atoms with Gasteiger partial charge < -0.3 is 5.53 Å². The van der Waals surface area contributed by atoms with Crippen LogP contribution in [0.2, 0.25) is 0 Å². The molecule has 0 aliphatic rings. The highest BCUT2D eigenvalue weighted by Gasteiger charge is 2.14. The molecule has 1 rings (SSSR count). The van der Waals surface area contributed by atoms with E-state index in [-0.39, 0.29) is 5.75 Å². The van der Waals surface area contributed by atoms with E-state index in [1.165, 1.54) is 0 Å². The smallest absolute Gasteiger partial charge is 0.361 e. The van der Waals surface area contributed by atoms with E-state index in [9.17, 15) is 8.42 Å². The van der Waals surface area contributed by atoms with Crippen molar-refractivity contribution in [2.24, 2.45) is 0 Å². The van der Waals surface area contributed by atoms with Crippen LogP contribution in [0.15, 0.2) is 18.2 Å². The van der Waals surface area contributed by atoms with E-state index in [0.29, 0.717) is 5.55 Å². The molecule has 0 fully saturated rings. The molecule has 15 heavy (non-hydrogen) atoms. The van der Waals surface area contributed by atoms with Gasteiger partial charge in [-0.25, -0.2) is 8.42 Å². The molecular formula is C10H12N2O2S. The highest BCUT2D eigenvalue weighted by atomic mass is 32.2. The molecule has 0 aliphatic carbocycles. The topological polar surface area (TPSA) is 70.5 Å². The van der Waals surface area contributed by atoms with Gasteiger partial charge in [-0.3, -0.25) is 0 Å². The minimum atomic E-state index is -3.46. The van der Waals surface area contributed by atoms with Gasteiger partial charge in [-0.2, -0.15) is 4.79 Å². The molecule has 0 spiro atoms. The standard InChI is InChI=1S/C10H12N2O2S/c1-8-3-4-10(9(2)5-8)6-15(13,14)7-12-11/h3-5,7H,6H2,1-2H3. The number of sulfone groups is 1. The number of rotatable bonds is 3. The normalized spacial score (nSPS) is 10.8. The highest BCUT2D eigenvalue weighted by molar-refractivity contribution is 8.03. The SMILES string of the molecule is Cc1ccc(CS(=O)(=O)C=[N+]=[N-])c(C)c1. The van der Waals surface area contributed by atoms with E-state index in [0.717, 1.165) is 16.7 Å². The Labute approximate surface area is 89.1 Å². The third-order valence-corrected chi connectivity index (χ3v) is 3.19. The number of aryl methyl sites for hydroxylation is 2. The summed E-state index contributed by atoms with van der Waals surface area (Å²) in [6.07, 6.45) is 0. The first kappa shape index (κ1) is 11.6. The van der Waals surface area contributed by atoms with Crippen LogP contribution in [0.5, 0.6) is 0 Å². The van der Waals surface area contributed by atoms with E-state index >= 15 is 0 Å². The van der Waals surface area contributed by atoms with Crippen molar-refractivity contribution in [1.82, 2.24) is 0 Å². The van der Waals surface area contributed by atoms with Crippen molar-refractivity contribution in [3.05, 3.63) is 40.4 Å². The van der Waals surface area contributed by atoms with Crippen LogP contribution in [0.4, 0.5) is 0 Å². The summed E-state index contributed by atoms with van der Waals surface area (Å²) in [6.45, 7) is 3.80. The Bertz CT molecular complexity index is 514. The summed E-state index contributed by atoms with van der Waals surface area (Å²) >= 11 is 0. The summed E-state index contributed by atoms with van der Waals surface area (Å²) in [5.41, 5.74) is 11.5. The minimum absolute atomic E-state index is 0.136. The predicted molar refractivity (Wildman–Crippen MR) is 58.2 cm³/mol. The Balaban J connectivity index is 3.05. The van der Waals surface area contributed by atoms with E-state index in [2.05, 4.69) is 4.79 Å². The maximum atomic E-state index is 11.3. The van der Waals surface area contributed by atoms with E-state index in [4.69, 9.17) is 5.53 Å². The molecule has 0 radical (unpaired) electrons. The lowest BCUT2D eigenvalue weighted by atomic mass is 10.1. The molecule has 1 aromatic rings. The lowest BCUT2D eigenvalue weighted by Crippen LogP contribution is -2.06. The van der Waals surface area contributed by atoms with Gasteiger partial charge in [-0.15, -0.1) is 0 Å². The zero-order valence-corrected chi connectivity index (χ0v) is 9.45. The Morgan fingerprint density at radius 3 is 2.60 bits per heavy atom. The second-order valence-electron chi connectivity index (χ2n) is 3.46. The average Bonchev–Trinajstić information content (AvgIpc) is 2.09. The summed E-state index contributed by atoms with van der Waals surface area (Å²) in [5, 5.41) is 0. The first-order valence-corrected chi connectivity index (χ1v) is 6.12. The number of nitrogens with zero attached hydrogens (tertiary/aromatic N) is 2.